The summed E-state index contributed by atoms with van der Waals surface area (Å²) in [6.07, 6.45) is 4.15. The quantitative estimate of drug-likeness (QED) is 0.572. The summed E-state index contributed by atoms with van der Waals surface area (Å²) in [5.74, 6) is -1.58. The third-order valence-electron chi connectivity index (χ3n) is 5.56. The molecule has 0 saturated carbocycles. The van der Waals surface area contributed by atoms with Gasteiger partial charge in [-0.15, -0.1) is 0 Å². The number of hydrogen-bond donors (Lipinski definition) is 3. The van der Waals surface area contributed by atoms with Crippen LogP contribution in [0.15, 0.2) is 27.9 Å². The largest absolute Gasteiger partial charge is 0.478 e. The number of amides is 1. The number of piperidine rings is 1. The summed E-state index contributed by atoms with van der Waals surface area (Å²) in [6, 6.07) is -0.742. The van der Waals surface area contributed by atoms with Crippen molar-refractivity contribution >= 4 is 23.5 Å². The number of hydrogen-bond acceptors (Lipinski definition) is 6. The standard InChI is InChI=1S/C18H22ClN3O7/c1-17(28)10-18(4-6-21(7-5-18)13(23)2-3-14(24)25)29-9-12(17)22-8-11(19)15(26)20-16(22)27/h2-3,8,12,28H,4-7,9-10H2,1H3,(H,24,25)(H,20,26,27)/t12-,17-/m0/s1. The van der Waals surface area contributed by atoms with Crippen LogP contribution in [0.5, 0.6) is 0 Å². The van der Waals surface area contributed by atoms with Crippen LogP contribution in [0.3, 0.4) is 0 Å². The highest BCUT2D eigenvalue weighted by atomic mass is 35.5. The smallest absolute Gasteiger partial charge is 0.328 e. The molecule has 3 rings (SSSR count). The summed E-state index contributed by atoms with van der Waals surface area (Å²) < 4.78 is 7.23. The van der Waals surface area contributed by atoms with Crippen LogP contribution in [0, 0.1) is 0 Å². The second-order valence-electron chi connectivity index (χ2n) is 7.68. The summed E-state index contributed by atoms with van der Waals surface area (Å²) in [5.41, 5.74) is -3.37. The van der Waals surface area contributed by atoms with Crippen LogP contribution in [-0.2, 0) is 14.3 Å². The number of ether oxygens (including phenoxy) is 1. The number of carbonyl (C=O) groups is 2. The number of likely N-dealkylation sites (tertiary alicyclic amines) is 1. The zero-order chi connectivity index (χ0) is 21.4. The lowest BCUT2D eigenvalue weighted by Gasteiger charge is -2.51. The molecule has 0 aromatic carbocycles. The molecule has 0 unspecified atom stereocenters. The molecule has 0 bridgehead atoms. The lowest BCUT2D eigenvalue weighted by Crippen LogP contribution is -2.59. The predicted molar refractivity (Wildman–Crippen MR) is 102 cm³/mol. The Morgan fingerprint density at radius 1 is 1.31 bits per heavy atom. The summed E-state index contributed by atoms with van der Waals surface area (Å²) in [6.45, 7) is 2.34. The van der Waals surface area contributed by atoms with E-state index in [0.717, 1.165) is 12.2 Å². The minimum Gasteiger partial charge on any atom is -0.478 e. The van der Waals surface area contributed by atoms with Gasteiger partial charge in [-0.1, -0.05) is 11.6 Å². The first-order chi connectivity index (χ1) is 13.5. The summed E-state index contributed by atoms with van der Waals surface area (Å²) in [7, 11) is 0. The van der Waals surface area contributed by atoms with Crippen molar-refractivity contribution in [1.29, 1.82) is 0 Å². The molecule has 1 spiro atoms. The van der Waals surface area contributed by atoms with E-state index < -0.39 is 40.4 Å². The van der Waals surface area contributed by atoms with E-state index in [-0.39, 0.29) is 18.1 Å². The number of rotatable bonds is 3. The maximum Gasteiger partial charge on any atom is 0.328 e. The Morgan fingerprint density at radius 2 is 1.97 bits per heavy atom. The Kier molecular flexibility index (Phi) is 5.70. The Balaban J connectivity index is 1.72. The number of aromatic amines is 1. The van der Waals surface area contributed by atoms with Crippen molar-refractivity contribution < 1.29 is 24.5 Å². The summed E-state index contributed by atoms with van der Waals surface area (Å²) >= 11 is 5.83. The number of aromatic nitrogens is 2. The number of aliphatic hydroxyl groups is 1. The first kappa shape index (κ1) is 21.3. The van der Waals surface area contributed by atoms with Crippen molar-refractivity contribution in [3.8, 4) is 0 Å². The fourth-order valence-electron chi connectivity index (χ4n) is 4.03. The van der Waals surface area contributed by atoms with Crippen molar-refractivity contribution in [3.63, 3.8) is 0 Å². The van der Waals surface area contributed by atoms with E-state index in [1.165, 1.54) is 15.7 Å². The Labute approximate surface area is 170 Å². The maximum absolute atomic E-state index is 12.2. The highest BCUT2D eigenvalue weighted by Gasteiger charge is 2.50. The van der Waals surface area contributed by atoms with Crippen LogP contribution >= 0.6 is 11.6 Å². The van der Waals surface area contributed by atoms with Gasteiger partial charge in [0.05, 0.1) is 23.9 Å². The van der Waals surface area contributed by atoms with Gasteiger partial charge in [-0.25, -0.2) is 9.59 Å². The predicted octanol–water partition coefficient (Wildman–Crippen LogP) is -0.0956. The van der Waals surface area contributed by atoms with Crippen LogP contribution in [0.4, 0.5) is 0 Å². The van der Waals surface area contributed by atoms with Gasteiger partial charge in [0, 0.05) is 37.9 Å². The van der Waals surface area contributed by atoms with Gasteiger partial charge in [0.1, 0.15) is 5.02 Å². The molecule has 29 heavy (non-hydrogen) atoms. The summed E-state index contributed by atoms with van der Waals surface area (Å²) in [5, 5.41) is 19.5. The molecule has 0 aliphatic carbocycles. The number of carboxylic acids is 1. The van der Waals surface area contributed by atoms with E-state index in [2.05, 4.69) is 4.98 Å². The first-order valence-corrected chi connectivity index (χ1v) is 9.48. The number of H-pyrrole nitrogens is 1. The van der Waals surface area contributed by atoms with Crippen molar-refractivity contribution in [2.75, 3.05) is 19.7 Å². The van der Waals surface area contributed by atoms with Crippen molar-refractivity contribution in [2.24, 2.45) is 0 Å². The second-order valence-corrected chi connectivity index (χ2v) is 8.09. The number of carboxylic acid groups (broad SMARTS) is 1. The zero-order valence-electron chi connectivity index (χ0n) is 15.8. The number of aliphatic carboxylic acids is 1. The molecule has 1 aromatic rings. The molecule has 10 nitrogen and oxygen atoms in total. The van der Waals surface area contributed by atoms with E-state index in [1.807, 2.05) is 0 Å². The molecule has 1 amide bonds. The zero-order valence-corrected chi connectivity index (χ0v) is 16.5. The average molecular weight is 428 g/mol. The molecule has 2 fully saturated rings. The van der Waals surface area contributed by atoms with Crippen LogP contribution in [0.1, 0.15) is 32.2 Å². The lowest BCUT2D eigenvalue weighted by atomic mass is 9.75. The van der Waals surface area contributed by atoms with E-state index in [1.54, 1.807) is 6.92 Å². The molecule has 2 atom stereocenters. The van der Waals surface area contributed by atoms with E-state index >= 15 is 0 Å². The minimum atomic E-state index is -1.32. The third-order valence-corrected chi connectivity index (χ3v) is 5.83. The minimum absolute atomic E-state index is 0.0299. The highest BCUT2D eigenvalue weighted by Crippen LogP contribution is 2.43. The molecule has 1 aromatic heterocycles. The topological polar surface area (TPSA) is 142 Å². The van der Waals surface area contributed by atoms with Gasteiger partial charge in [-0.3, -0.25) is 19.1 Å². The Hall–Kier alpha value is -2.43. The van der Waals surface area contributed by atoms with Gasteiger partial charge >= 0.3 is 11.7 Å². The van der Waals surface area contributed by atoms with Crippen LogP contribution in [-0.4, -0.2) is 67.4 Å². The molecule has 2 saturated heterocycles. The molecule has 3 heterocycles. The molecular formula is C18H22ClN3O7. The summed E-state index contributed by atoms with van der Waals surface area (Å²) in [4.78, 5) is 49.9. The number of halogens is 1. The maximum atomic E-state index is 12.2. The lowest BCUT2D eigenvalue weighted by molar-refractivity contribution is -0.197. The van der Waals surface area contributed by atoms with Crippen molar-refractivity contribution in [3.05, 3.63) is 44.2 Å². The van der Waals surface area contributed by atoms with Crippen LogP contribution in [0.2, 0.25) is 5.02 Å². The SMILES string of the molecule is C[C@]1(O)CC2(CCN(C(=O)C=CC(=O)O)CC2)OC[C@@H]1n1cc(Cl)c(=O)[nH]c1=O. The Bertz CT molecular complexity index is 957. The van der Waals surface area contributed by atoms with Gasteiger partial charge in [0.25, 0.3) is 5.56 Å². The first-order valence-electron chi connectivity index (χ1n) is 9.10. The van der Waals surface area contributed by atoms with Gasteiger partial charge < -0.3 is 19.8 Å². The Morgan fingerprint density at radius 3 is 2.55 bits per heavy atom. The number of carbonyl (C=O) groups excluding carboxylic acids is 1. The number of nitrogens with one attached hydrogen (secondary N) is 1. The van der Waals surface area contributed by atoms with Crippen LogP contribution in [0.25, 0.3) is 0 Å². The van der Waals surface area contributed by atoms with E-state index in [0.29, 0.717) is 25.9 Å². The van der Waals surface area contributed by atoms with Gasteiger partial charge in [0.2, 0.25) is 5.91 Å². The monoisotopic (exact) mass is 427 g/mol. The average Bonchev–Trinajstić information content (AvgIpc) is 2.63. The van der Waals surface area contributed by atoms with Gasteiger partial charge in [-0.2, -0.15) is 0 Å². The van der Waals surface area contributed by atoms with Crippen molar-refractivity contribution in [2.45, 2.75) is 43.4 Å². The van der Waals surface area contributed by atoms with E-state index in [9.17, 15) is 24.3 Å². The molecule has 2 aliphatic rings. The third kappa shape index (κ3) is 4.44. The molecule has 3 N–H and O–H groups in total. The van der Waals surface area contributed by atoms with E-state index in [4.69, 9.17) is 21.4 Å². The van der Waals surface area contributed by atoms with Gasteiger partial charge in [-0.05, 0) is 19.8 Å². The van der Waals surface area contributed by atoms with Crippen LogP contribution < -0.4 is 11.2 Å². The molecule has 0 radical (unpaired) electrons. The fraction of sp³-hybridized carbons (Fsp3) is 0.556. The molecule has 11 heteroatoms. The second kappa shape index (κ2) is 7.77. The molecular weight excluding hydrogens is 406 g/mol. The normalized spacial score (nSPS) is 26.7. The highest BCUT2D eigenvalue weighted by molar-refractivity contribution is 6.30. The fourth-order valence-corrected chi connectivity index (χ4v) is 4.18. The van der Waals surface area contributed by atoms with Crippen molar-refractivity contribution in [1.82, 2.24) is 14.5 Å². The van der Waals surface area contributed by atoms with Gasteiger partial charge in [0.15, 0.2) is 0 Å². The molecule has 158 valence electrons. The number of nitrogens with zero attached hydrogens (tertiary/aromatic N) is 2. The molecule has 2 aliphatic heterocycles.